The fraction of sp³-hybridized carbons (Fsp3) is 0.261. The molecule has 0 fully saturated rings. The Labute approximate surface area is 170 Å². The molecular weight excluding hydrogens is 360 g/mol. The van der Waals surface area contributed by atoms with Crippen LogP contribution in [-0.4, -0.2) is 24.5 Å². The minimum atomic E-state index is 0.294. The lowest BCUT2D eigenvalue weighted by Crippen LogP contribution is -2.25. The molecule has 1 N–H and O–H groups in total. The van der Waals surface area contributed by atoms with Crippen molar-refractivity contribution in [3.8, 4) is 11.5 Å². The van der Waals surface area contributed by atoms with Crippen molar-refractivity contribution in [2.24, 2.45) is 0 Å². The Hall–Kier alpha value is -3.25. The number of rotatable bonds is 5. The van der Waals surface area contributed by atoms with Crippen molar-refractivity contribution >= 4 is 0 Å². The van der Waals surface area contributed by atoms with Gasteiger partial charge in [-0.2, -0.15) is 10.2 Å². The summed E-state index contributed by atoms with van der Waals surface area (Å²) in [5.74, 6) is 0.883. The highest BCUT2D eigenvalue weighted by Crippen LogP contribution is 2.31. The van der Waals surface area contributed by atoms with Gasteiger partial charge in [-0.3, -0.25) is 0 Å². The minimum Gasteiger partial charge on any atom is -0.306 e. The predicted molar refractivity (Wildman–Crippen MR) is 112 cm³/mol. The summed E-state index contributed by atoms with van der Waals surface area (Å²) in [5, 5.41) is 12.8. The molecule has 4 aromatic rings. The summed E-state index contributed by atoms with van der Waals surface area (Å²) in [4.78, 5) is 4.47. The van der Waals surface area contributed by atoms with Crippen molar-refractivity contribution < 1.29 is 0 Å². The summed E-state index contributed by atoms with van der Waals surface area (Å²) in [6, 6.07) is 14.7. The molecule has 1 aliphatic rings. The van der Waals surface area contributed by atoms with Crippen LogP contribution in [0.5, 0.6) is 0 Å². The standard InChI is InChI=1S/C23H24N6/c1-17-9-10-21(28-13-5-12-26-28)18(14-17)15-25-20-6-4-7-22-19(20)16-27-29(22)23-8-2-3-11-24-23/h2-3,5,8-14,16,20,25H,4,6-7,15H2,1H3/t20-/m0/s1. The summed E-state index contributed by atoms with van der Waals surface area (Å²) >= 11 is 0. The molecule has 6 nitrogen and oxygen atoms in total. The number of benzene rings is 1. The van der Waals surface area contributed by atoms with E-state index in [0.717, 1.165) is 37.3 Å². The van der Waals surface area contributed by atoms with Gasteiger partial charge in [-0.05, 0) is 56.0 Å². The Morgan fingerprint density at radius 2 is 2.07 bits per heavy atom. The van der Waals surface area contributed by atoms with Crippen LogP contribution < -0.4 is 5.32 Å². The van der Waals surface area contributed by atoms with Gasteiger partial charge in [0.15, 0.2) is 5.82 Å². The molecule has 1 aliphatic carbocycles. The van der Waals surface area contributed by atoms with Crippen molar-refractivity contribution in [3.63, 3.8) is 0 Å². The Bertz CT molecular complexity index is 1100. The number of nitrogens with one attached hydrogen (secondary N) is 1. The highest BCUT2D eigenvalue weighted by atomic mass is 15.3. The maximum atomic E-state index is 4.65. The van der Waals surface area contributed by atoms with Crippen molar-refractivity contribution in [3.05, 3.63) is 89.6 Å². The van der Waals surface area contributed by atoms with E-state index in [1.165, 1.54) is 22.4 Å². The van der Waals surface area contributed by atoms with E-state index in [1.54, 1.807) is 0 Å². The summed E-state index contributed by atoms with van der Waals surface area (Å²) in [6.07, 6.45) is 10.9. The number of hydrogen-bond acceptors (Lipinski definition) is 4. The Morgan fingerprint density at radius 1 is 1.10 bits per heavy atom. The van der Waals surface area contributed by atoms with Gasteiger partial charge in [0.1, 0.15) is 0 Å². The largest absolute Gasteiger partial charge is 0.306 e. The van der Waals surface area contributed by atoms with Gasteiger partial charge < -0.3 is 5.32 Å². The van der Waals surface area contributed by atoms with Crippen LogP contribution in [0.15, 0.2) is 67.3 Å². The molecule has 0 bridgehead atoms. The molecule has 0 amide bonds. The molecule has 0 radical (unpaired) electrons. The van der Waals surface area contributed by atoms with E-state index in [2.05, 4.69) is 45.6 Å². The van der Waals surface area contributed by atoms with Crippen LogP contribution in [0.1, 0.15) is 41.3 Å². The maximum Gasteiger partial charge on any atom is 0.153 e. The van der Waals surface area contributed by atoms with E-state index in [4.69, 9.17) is 0 Å². The van der Waals surface area contributed by atoms with E-state index in [-0.39, 0.29) is 0 Å². The topological polar surface area (TPSA) is 60.6 Å². The molecule has 1 aromatic carbocycles. The monoisotopic (exact) mass is 384 g/mol. The van der Waals surface area contributed by atoms with E-state index in [1.807, 2.05) is 58.4 Å². The smallest absolute Gasteiger partial charge is 0.153 e. The lowest BCUT2D eigenvalue weighted by Gasteiger charge is -2.25. The van der Waals surface area contributed by atoms with E-state index in [9.17, 15) is 0 Å². The minimum absolute atomic E-state index is 0.294. The van der Waals surface area contributed by atoms with Gasteiger partial charge in [0, 0.05) is 36.7 Å². The quantitative estimate of drug-likeness (QED) is 0.566. The maximum absolute atomic E-state index is 4.65. The van der Waals surface area contributed by atoms with E-state index < -0.39 is 0 Å². The zero-order valence-corrected chi connectivity index (χ0v) is 16.5. The number of nitrogens with zero attached hydrogens (tertiary/aromatic N) is 5. The number of aryl methyl sites for hydroxylation is 1. The van der Waals surface area contributed by atoms with Gasteiger partial charge in [-0.15, -0.1) is 0 Å². The molecule has 0 saturated carbocycles. The second-order valence-electron chi connectivity index (χ2n) is 7.55. The fourth-order valence-electron chi connectivity index (χ4n) is 4.17. The van der Waals surface area contributed by atoms with Crippen LogP contribution in [0.3, 0.4) is 0 Å². The van der Waals surface area contributed by atoms with Crippen LogP contribution in [-0.2, 0) is 13.0 Å². The zero-order valence-electron chi connectivity index (χ0n) is 16.5. The van der Waals surface area contributed by atoms with Crippen molar-refractivity contribution in [2.45, 2.75) is 38.8 Å². The average molecular weight is 384 g/mol. The lowest BCUT2D eigenvalue weighted by atomic mass is 9.92. The second kappa shape index (κ2) is 7.64. The third kappa shape index (κ3) is 3.47. The first-order valence-electron chi connectivity index (χ1n) is 10.1. The van der Waals surface area contributed by atoms with Crippen LogP contribution in [0, 0.1) is 6.92 Å². The zero-order chi connectivity index (χ0) is 19.6. The molecule has 0 unspecified atom stereocenters. The molecule has 0 aliphatic heterocycles. The van der Waals surface area contributed by atoms with Crippen molar-refractivity contribution in [2.75, 3.05) is 0 Å². The van der Waals surface area contributed by atoms with Gasteiger partial charge >= 0.3 is 0 Å². The molecule has 3 aromatic heterocycles. The van der Waals surface area contributed by atoms with Gasteiger partial charge in [-0.1, -0.05) is 23.8 Å². The first-order chi connectivity index (χ1) is 14.3. The lowest BCUT2D eigenvalue weighted by molar-refractivity contribution is 0.454. The van der Waals surface area contributed by atoms with Crippen LogP contribution >= 0.6 is 0 Å². The highest BCUT2D eigenvalue weighted by Gasteiger charge is 2.25. The van der Waals surface area contributed by atoms with Crippen molar-refractivity contribution in [1.29, 1.82) is 0 Å². The number of hydrogen-bond donors (Lipinski definition) is 1. The summed E-state index contributed by atoms with van der Waals surface area (Å²) < 4.78 is 3.92. The number of aromatic nitrogens is 5. The SMILES string of the molecule is Cc1ccc(-n2cccn2)c(CN[C@H]2CCCc3c2cnn3-c2ccccn2)c1. The molecule has 29 heavy (non-hydrogen) atoms. The van der Waals surface area contributed by atoms with Crippen LogP contribution in [0.4, 0.5) is 0 Å². The van der Waals surface area contributed by atoms with Gasteiger partial charge in [0.25, 0.3) is 0 Å². The number of fused-ring (bicyclic) bond motifs is 1. The molecule has 3 heterocycles. The summed E-state index contributed by atoms with van der Waals surface area (Å²) in [6.45, 7) is 2.92. The van der Waals surface area contributed by atoms with Crippen LogP contribution in [0.2, 0.25) is 0 Å². The fourth-order valence-corrected chi connectivity index (χ4v) is 4.17. The third-order valence-corrected chi connectivity index (χ3v) is 5.57. The third-order valence-electron chi connectivity index (χ3n) is 5.57. The molecule has 1 atom stereocenters. The first kappa shape index (κ1) is 17.8. The molecular formula is C23H24N6. The average Bonchev–Trinajstić information content (AvgIpc) is 3.43. The van der Waals surface area contributed by atoms with Gasteiger partial charge in [-0.25, -0.2) is 14.3 Å². The van der Waals surface area contributed by atoms with Gasteiger partial charge in [0.2, 0.25) is 0 Å². The Balaban J connectivity index is 1.40. The molecule has 0 saturated heterocycles. The summed E-state index contributed by atoms with van der Waals surface area (Å²) in [5.41, 5.74) is 6.18. The Kier molecular flexibility index (Phi) is 4.69. The normalized spacial score (nSPS) is 16.0. The molecule has 146 valence electrons. The Morgan fingerprint density at radius 3 is 2.90 bits per heavy atom. The highest BCUT2D eigenvalue weighted by molar-refractivity contribution is 5.43. The van der Waals surface area contributed by atoms with E-state index in [0.29, 0.717) is 6.04 Å². The first-order valence-corrected chi connectivity index (χ1v) is 10.1. The molecule has 5 rings (SSSR count). The van der Waals surface area contributed by atoms with Crippen molar-refractivity contribution in [1.82, 2.24) is 29.9 Å². The molecule has 0 spiro atoms. The van der Waals surface area contributed by atoms with Gasteiger partial charge in [0.05, 0.1) is 17.6 Å². The predicted octanol–water partition coefficient (Wildman–Crippen LogP) is 3.93. The molecule has 6 heteroatoms. The van der Waals surface area contributed by atoms with E-state index >= 15 is 0 Å². The van der Waals surface area contributed by atoms with Crippen LogP contribution in [0.25, 0.3) is 11.5 Å². The summed E-state index contributed by atoms with van der Waals surface area (Å²) in [7, 11) is 0. The second-order valence-corrected chi connectivity index (χ2v) is 7.55. The number of pyridine rings is 1.